The lowest BCUT2D eigenvalue weighted by Crippen LogP contribution is -2.48. The number of hydrogen-bond acceptors (Lipinski definition) is 7. The van der Waals surface area contributed by atoms with Crippen molar-refractivity contribution in [1.29, 1.82) is 0 Å². The zero-order chi connectivity index (χ0) is 27.8. The second-order valence-electron chi connectivity index (χ2n) is 9.70. The Hall–Kier alpha value is -3.30. The van der Waals surface area contributed by atoms with E-state index in [1.165, 1.54) is 17.0 Å². The maximum absolute atomic E-state index is 13.3. The van der Waals surface area contributed by atoms with E-state index < -0.39 is 35.5 Å². The van der Waals surface area contributed by atoms with E-state index >= 15 is 0 Å². The zero-order valence-corrected chi connectivity index (χ0v) is 22.8. The maximum atomic E-state index is 13.3. The fraction of sp³-hybridized carbons (Fsp3) is 0.630. The summed E-state index contributed by atoms with van der Waals surface area (Å²) in [5.74, 6) is -1.35. The molecule has 0 bridgehead atoms. The summed E-state index contributed by atoms with van der Waals surface area (Å²) in [4.78, 5) is 51.9. The summed E-state index contributed by atoms with van der Waals surface area (Å²) < 4.78 is 10.1. The van der Waals surface area contributed by atoms with Gasteiger partial charge < -0.3 is 30.1 Å². The number of phenolic OH excluding ortho intramolecular Hbond substituents is 1. The number of benzene rings is 1. The van der Waals surface area contributed by atoms with Crippen molar-refractivity contribution in [3.8, 4) is 5.75 Å². The minimum atomic E-state index is -1.03. The van der Waals surface area contributed by atoms with Crippen molar-refractivity contribution in [3.63, 3.8) is 0 Å². The van der Waals surface area contributed by atoms with Crippen LogP contribution >= 0.6 is 0 Å². The molecule has 0 saturated heterocycles. The van der Waals surface area contributed by atoms with Crippen LogP contribution < -0.4 is 10.6 Å². The quantitative estimate of drug-likeness (QED) is 0.236. The van der Waals surface area contributed by atoms with Crippen molar-refractivity contribution in [2.24, 2.45) is 0 Å². The number of unbranched alkanes of at least 4 members (excludes halogenated alkanes) is 4. The number of nitrogens with one attached hydrogen (secondary N) is 2. The van der Waals surface area contributed by atoms with E-state index in [2.05, 4.69) is 17.6 Å². The highest BCUT2D eigenvalue weighted by atomic mass is 16.6. The van der Waals surface area contributed by atoms with Crippen molar-refractivity contribution in [2.45, 2.75) is 84.8 Å². The highest BCUT2D eigenvalue weighted by Crippen LogP contribution is 2.24. The summed E-state index contributed by atoms with van der Waals surface area (Å²) in [6.45, 7) is 9.19. The number of aromatic hydroxyl groups is 1. The van der Waals surface area contributed by atoms with E-state index in [-0.39, 0.29) is 38.4 Å². The molecule has 0 aliphatic rings. The van der Waals surface area contributed by atoms with E-state index in [1.54, 1.807) is 39.8 Å². The highest BCUT2D eigenvalue weighted by molar-refractivity contribution is 5.90. The molecule has 1 unspecified atom stereocenters. The molecule has 1 aromatic carbocycles. The highest BCUT2D eigenvalue weighted by Gasteiger charge is 2.31. The van der Waals surface area contributed by atoms with Gasteiger partial charge in [-0.3, -0.25) is 14.4 Å². The Kier molecular flexibility index (Phi) is 14.1. The van der Waals surface area contributed by atoms with Gasteiger partial charge in [0.15, 0.2) is 0 Å². The summed E-state index contributed by atoms with van der Waals surface area (Å²) >= 11 is 0. The molecule has 0 saturated carbocycles. The average molecular weight is 522 g/mol. The molecule has 3 N–H and O–H groups in total. The molecule has 3 amide bonds. The van der Waals surface area contributed by atoms with Crippen LogP contribution in [0.25, 0.3) is 0 Å². The number of rotatable bonds is 15. The number of carbonyl (C=O) groups excluding carboxylic acids is 4. The van der Waals surface area contributed by atoms with Crippen molar-refractivity contribution in [2.75, 3.05) is 26.2 Å². The standard InChI is InChI=1S/C27H43N3O7/c1-6-8-9-10-11-18-30(22(32)19-29-26(35)37-27(3,4)5)24(20-12-14-21(31)15-13-20)25(34)28-17-16-23(33)36-7-2/h12-15,24,31H,6-11,16-19H2,1-5H3,(H,28,34)(H,29,35). The Morgan fingerprint density at radius 3 is 2.22 bits per heavy atom. The van der Waals surface area contributed by atoms with Crippen molar-refractivity contribution in [3.05, 3.63) is 29.8 Å². The second kappa shape index (κ2) is 16.4. The van der Waals surface area contributed by atoms with Gasteiger partial charge in [0.25, 0.3) is 0 Å². The summed E-state index contributed by atoms with van der Waals surface area (Å²) in [7, 11) is 0. The van der Waals surface area contributed by atoms with E-state index in [1.807, 2.05) is 0 Å². The third kappa shape index (κ3) is 13.0. The Bertz CT molecular complexity index is 866. The van der Waals surface area contributed by atoms with Gasteiger partial charge in [-0.05, 0) is 51.8 Å². The predicted molar refractivity (Wildman–Crippen MR) is 140 cm³/mol. The Balaban J connectivity index is 3.12. The van der Waals surface area contributed by atoms with Crippen molar-refractivity contribution in [1.82, 2.24) is 15.5 Å². The van der Waals surface area contributed by atoms with E-state index in [9.17, 15) is 24.3 Å². The number of alkyl carbamates (subject to hydrolysis) is 1. The Morgan fingerprint density at radius 1 is 0.973 bits per heavy atom. The van der Waals surface area contributed by atoms with Crippen LogP contribution in [-0.2, 0) is 23.9 Å². The van der Waals surface area contributed by atoms with Gasteiger partial charge in [-0.1, -0.05) is 44.7 Å². The monoisotopic (exact) mass is 521 g/mol. The molecule has 37 heavy (non-hydrogen) atoms. The lowest BCUT2D eigenvalue weighted by Gasteiger charge is -2.32. The van der Waals surface area contributed by atoms with E-state index in [0.717, 1.165) is 25.7 Å². The van der Waals surface area contributed by atoms with Gasteiger partial charge in [0, 0.05) is 13.1 Å². The molecule has 0 aliphatic carbocycles. The van der Waals surface area contributed by atoms with Gasteiger partial charge in [0.1, 0.15) is 23.9 Å². The van der Waals surface area contributed by atoms with Crippen LogP contribution in [0.2, 0.25) is 0 Å². The Labute approximate surface area is 220 Å². The van der Waals surface area contributed by atoms with Crippen molar-refractivity contribution >= 4 is 23.9 Å². The fourth-order valence-electron chi connectivity index (χ4n) is 3.59. The van der Waals surface area contributed by atoms with Gasteiger partial charge >= 0.3 is 12.1 Å². The number of nitrogens with zero attached hydrogens (tertiary/aromatic N) is 1. The maximum Gasteiger partial charge on any atom is 0.408 e. The molecule has 1 atom stereocenters. The summed E-state index contributed by atoms with van der Waals surface area (Å²) in [6, 6.07) is 5.00. The molecule has 0 aliphatic heterocycles. The van der Waals surface area contributed by atoms with Gasteiger partial charge in [-0.15, -0.1) is 0 Å². The Morgan fingerprint density at radius 2 is 1.62 bits per heavy atom. The molecule has 1 aromatic rings. The van der Waals surface area contributed by atoms with Crippen LogP contribution in [0, 0.1) is 0 Å². The molecule has 10 nitrogen and oxygen atoms in total. The van der Waals surface area contributed by atoms with Crippen LogP contribution in [0.5, 0.6) is 5.75 Å². The lowest BCUT2D eigenvalue weighted by atomic mass is 10.0. The summed E-state index contributed by atoms with van der Waals surface area (Å²) in [6.07, 6.45) is 3.96. The molecule has 208 valence electrons. The fourth-order valence-corrected chi connectivity index (χ4v) is 3.59. The average Bonchev–Trinajstić information content (AvgIpc) is 2.81. The third-order valence-electron chi connectivity index (χ3n) is 5.31. The summed E-state index contributed by atoms with van der Waals surface area (Å²) in [5.41, 5.74) is -0.231. The molecule has 0 aromatic heterocycles. The minimum Gasteiger partial charge on any atom is -0.508 e. The number of phenols is 1. The van der Waals surface area contributed by atoms with Crippen LogP contribution in [0.1, 0.15) is 84.7 Å². The molecule has 1 rings (SSSR count). The van der Waals surface area contributed by atoms with Crippen LogP contribution in [0.3, 0.4) is 0 Å². The topological polar surface area (TPSA) is 134 Å². The first-order valence-corrected chi connectivity index (χ1v) is 13.0. The molecule has 0 fully saturated rings. The largest absolute Gasteiger partial charge is 0.508 e. The lowest BCUT2D eigenvalue weighted by molar-refractivity contribution is -0.143. The predicted octanol–water partition coefficient (Wildman–Crippen LogP) is 3.83. The molecule has 10 heteroatoms. The van der Waals surface area contributed by atoms with Crippen LogP contribution in [-0.4, -0.2) is 65.7 Å². The first-order valence-electron chi connectivity index (χ1n) is 13.0. The number of esters is 1. The molecule has 0 heterocycles. The second-order valence-corrected chi connectivity index (χ2v) is 9.70. The first kappa shape index (κ1) is 31.7. The molecule has 0 spiro atoms. The third-order valence-corrected chi connectivity index (χ3v) is 5.31. The van der Waals surface area contributed by atoms with Crippen molar-refractivity contribution < 1.29 is 33.8 Å². The zero-order valence-electron chi connectivity index (χ0n) is 22.8. The normalized spacial score (nSPS) is 11.8. The number of amides is 3. The van der Waals surface area contributed by atoms with Crippen LogP contribution in [0.15, 0.2) is 24.3 Å². The molecule has 0 radical (unpaired) electrons. The number of ether oxygens (including phenoxy) is 2. The number of hydrogen-bond donors (Lipinski definition) is 3. The SMILES string of the molecule is CCCCCCCN(C(=O)CNC(=O)OC(C)(C)C)C(C(=O)NCCC(=O)OCC)c1ccc(O)cc1. The van der Waals surface area contributed by atoms with E-state index in [0.29, 0.717) is 12.0 Å². The molecular weight excluding hydrogens is 478 g/mol. The van der Waals surface area contributed by atoms with Crippen LogP contribution in [0.4, 0.5) is 4.79 Å². The van der Waals surface area contributed by atoms with Gasteiger partial charge in [-0.25, -0.2) is 4.79 Å². The smallest absolute Gasteiger partial charge is 0.408 e. The van der Waals surface area contributed by atoms with Gasteiger partial charge in [-0.2, -0.15) is 0 Å². The molecular formula is C27H43N3O7. The minimum absolute atomic E-state index is 0.00690. The number of carbonyl (C=O) groups is 4. The van der Waals surface area contributed by atoms with Gasteiger partial charge in [0.05, 0.1) is 13.0 Å². The van der Waals surface area contributed by atoms with Gasteiger partial charge in [0.2, 0.25) is 11.8 Å². The first-order chi connectivity index (χ1) is 17.5. The summed E-state index contributed by atoms with van der Waals surface area (Å²) in [5, 5.41) is 14.9. The van der Waals surface area contributed by atoms with E-state index in [4.69, 9.17) is 9.47 Å².